The average molecular weight is 481 g/mol. The van der Waals surface area contributed by atoms with Crippen LogP contribution in [0.1, 0.15) is 10.4 Å². The number of benzene rings is 3. The Kier molecular flexibility index (Phi) is 7.15. The Hall–Kier alpha value is -2.98. The highest BCUT2D eigenvalue weighted by atomic mass is 32.2. The van der Waals surface area contributed by atoms with Crippen LogP contribution in [0.4, 0.5) is 24.5 Å². The van der Waals surface area contributed by atoms with E-state index in [0.717, 1.165) is 4.31 Å². The highest BCUT2D eigenvalue weighted by molar-refractivity contribution is 7.99. The number of hydrogen-bond acceptors (Lipinski definition) is 4. The number of nitrogens with zero attached hydrogens (tertiary/aromatic N) is 1. The molecular weight excluding hydrogens is 461 g/mol. The number of alkyl halides is 3. The number of carbonyl (C=O) groups is 1. The number of halogens is 3. The van der Waals surface area contributed by atoms with Crippen LogP contribution >= 0.6 is 11.8 Å². The van der Waals surface area contributed by atoms with Crippen LogP contribution < -0.4 is 9.62 Å². The van der Waals surface area contributed by atoms with E-state index in [-0.39, 0.29) is 21.0 Å². The molecule has 0 aliphatic heterocycles. The summed E-state index contributed by atoms with van der Waals surface area (Å²) < 4.78 is 64.4. The molecule has 1 amide bonds. The summed E-state index contributed by atoms with van der Waals surface area (Å²) in [6, 6.07) is 20.0. The summed E-state index contributed by atoms with van der Waals surface area (Å²) in [6.07, 6.45) is -4.34. The molecule has 0 spiro atoms. The van der Waals surface area contributed by atoms with Gasteiger partial charge in [-0.25, -0.2) is 8.42 Å². The second-order valence-corrected chi connectivity index (χ2v) is 9.67. The molecule has 3 rings (SSSR count). The van der Waals surface area contributed by atoms with Gasteiger partial charge >= 0.3 is 6.18 Å². The Morgan fingerprint density at radius 2 is 1.53 bits per heavy atom. The highest BCUT2D eigenvalue weighted by Gasteiger charge is 2.28. The molecule has 10 heteroatoms. The molecule has 0 aliphatic rings. The monoisotopic (exact) mass is 480 g/mol. The smallest absolute Gasteiger partial charge is 0.321 e. The number of thioether (sulfide) groups is 1. The van der Waals surface area contributed by atoms with E-state index in [1.807, 2.05) is 0 Å². The number of para-hydroxylation sites is 2. The lowest BCUT2D eigenvalue weighted by Gasteiger charge is -2.19. The van der Waals surface area contributed by atoms with E-state index in [1.54, 1.807) is 42.5 Å². The zero-order valence-electron chi connectivity index (χ0n) is 16.8. The molecule has 0 aliphatic carbocycles. The molecule has 0 saturated heterocycles. The van der Waals surface area contributed by atoms with E-state index >= 15 is 0 Å². The van der Waals surface area contributed by atoms with Crippen molar-refractivity contribution in [1.29, 1.82) is 0 Å². The standard InChI is InChI=1S/C22H19F3N2O3S2/c1-27(17-7-3-2-4-8-17)32(29,30)18-13-11-16(12-14-18)21(28)26-19-9-5-6-10-20(19)31-15-22(23,24)25/h2-14H,15H2,1H3,(H,26,28). The van der Waals surface area contributed by atoms with Crippen molar-refractivity contribution in [3.8, 4) is 0 Å². The van der Waals surface area contributed by atoms with E-state index in [0.29, 0.717) is 17.4 Å². The largest absolute Gasteiger partial charge is 0.398 e. The molecule has 3 aromatic rings. The van der Waals surface area contributed by atoms with E-state index in [1.165, 1.54) is 43.4 Å². The van der Waals surface area contributed by atoms with Gasteiger partial charge in [-0.1, -0.05) is 30.3 Å². The van der Waals surface area contributed by atoms with Crippen LogP contribution in [0.5, 0.6) is 0 Å². The first-order valence-corrected chi connectivity index (χ1v) is 11.7. The zero-order valence-corrected chi connectivity index (χ0v) is 18.5. The van der Waals surface area contributed by atoms with Crippen molar-refractivity contribution in [2.75, 3.05) is 22.4 Å². The molecule has 5 nitrogen and oxygen atoms in total. The minimum atomic E-state index is -4.34. The molecule has 32 heavy (non-hydrogen) atoms. The maximum atomic E-state index is 12.8. The minimum absolute atomic E-state index is 0.00142. The van der Waals surface area contributed by atoms with Crippen molar-refractivity contribution in [2.24, 2.45) is 0 Å². The lowest BCUT2D eigenvalue weighted by atomic mass is 10.2. The molecule has 0 bridgehead atoms. The van der Waals surface area contributed by atoms with E-state index in [2.05, 4.69) is 5.32 Å². The molecule has 0 fully saturated rings. The molecule has 0 unspecified atom stereocenters. The topological polar surface area (TPSA) is 66.5 Å². The van der Waals surface area contributed by atoms with Gasteiger partial charge in [0, 0.05) is 17.5 Å². The summed E-state index contributed by atoms with van der Waals surface area (Å²) in [6.45, 7) is 0. The number of rotatable bonds is 7. The molecule has 0 saturated carbocycles. The normalized spacial score (nSPS) is 11.8. The van der Waals surface area contributed by atoms with Gasteiger partial charge in [-0.3, -0.25) is 9.10 Å². The lowest BCUT2D eigenvalue weighted by molar-refractivity contribution is -0.105. The fourth-order valence-corrected chi connectivity index (χ4v) is 4.73. The van der Waals surface area contributed by atoms with E-state index in [9.17, 15) is 26.4 Å². The second kappa shape index (κ2) is 9.66. The predicted octanol–water partition coefficient (Wildman–Crippen LogP) is 5.42. The predicted molar refractivity (Wildman–Crippen MR) is 120 cm³/mol. The van der Waals surface area contributed by atoms with Gasteiger partial charge in [-0.15, -0.1) is 11.8 Å². The first-order chi connectivity index (χ1) is 15.1. The number of carbonyl (C=O) groups excluding carboxylic acids is 1. The van der Waals surface area contributed by atoms with Gasteiger partial charge in [0.1, 0.15) is 0 Å². The number of sulfonamides is 1. The molecule has 1 N–H and O–H groups in total. The first kappa shape index (κ1) is 23.7. The van der Waals surface area contributed by atoms with Crippen molar-refractivity contribution in [2.45, 2.75) is 16.0 Å². The summed E-state index contributed by atoms with van der Waals surface area (Å²) in [5.41, 5.74) is 0.900. The maximum Gasteiger partial charge on any atom is 0.398 e. The number of nitrogens with one attached hydrogen (secondary N) is 1. The summed E-state index contributed by atoms with van der Waals surface area (Å²) in [5, 5.41) is 2.58. The minimum Gasteiger partial charge on any atom is -0.321 e. The third-order valence-corrected chi connectivity index (χ3v) is 7.36. The van der Waals surface area contributed by atoms with Crippen molar-refractivity contribution in [3.05, 3.63) is 84.4 Å². The summed E-state index contributed by atoms with van der Waals surface area (Å²) in [7, 11) is -2.40. The average Bonchev–Trinajstić information content (AvgIpc) is 2.78. The van der Waals surface area contributed by atoms with Crippen LogP contribution in [-0.4, -0.2) is 33.3 Å². The molecular formula is C22H19F3N2O3S2. The molecule has 168 valence electrons. The van der Waals surface area contributed by atoms with Gasteiger partial charge in [0.15, 0.2) is 0 Å². The lowest BCUT2D eigenvalue weighted by Crippen LogP contribution is -2.26. The number of hydrogen-bond donors (Lipinski definition) is 1. The zero-order chi connectivity index (χ0) is 23.4. The van der Waals surface area contributed by atoms with Crippen molar-refractivity contribution in [3.63, 3.8) is 0 Å². The molecule has 0 aromatic heterocycles. The van der Waals surface area contributed by atoms with Gasteiger partial charge in [-0.2, -0.15) is 13.2 Å². The van der Waals surface area contributed by atoms with Gasteiger partial charge in [0.05, 0.1) is 22.0 Å². The van der Waals surface area contributed by atoms with Crippen LogP contribution in [0.3, 0.4) is 0 Å². The Balaban J connectivity index is 1.75. The van der Waals surface area contributed by atoms with Crippen LogP contribution in [0.2, 0.25) is 0 Å². The SMILES string of the molecule is CN(c1ccccc1)S(=O)(=O)c1ccc(C(=O)Nc2ccccc2SCC(F)(F)F)cc1. The Morgan fingerprint density at radius 3 is 2.16 bits per heavy atom. The fourth-order valence-electron chi connectivity index (χ4n) is 2.76. The van der Waals surface area contributed by atoms with Crippen LogP contribution in [0.25, 0.3) is 0 Å². The third kappa shape index (κ3) is 5.83. The number of anilines is 2. The Labute approximate surface area is 188 Å². The summed E-state index contributed by atoms with van der Waals surface area (Å²) >= 11 is 0.574. The Bertz CT molecular complexity index is 1180. The second-order valence-electron chi connectivity index (χ2n) is 6.69. The summed E-state index contributed by atoms with van der Waals surface area (Å²) in [5.74, 6) is -1.65. The molecule has 3 aromatic carbocycles. The van der Waals surface area contributed by atoms with Gasteiger partial charge in [0.25, 0.3) is 15.9 Å². The first-order valence-electron chi connectivity index (χ1n) is 9.32. The maximum absolute atomic E-state index is 12.8. The van der Waals surface area contributed by atoms with E-state index in [4.69, 9.17) is 0 Å². The van der Waals surface area contributed by atoms with Crippen LogP contribution in [0, 0.1) is 0 Å². The molecule has 0 atom stereocenters. The number of amides is 1. The Morgan fingerprint density at radius 1 is 0.938 bits per heavy atom. The van der Waals surface area contributed by atoms with Gasteiger partial charge in [-0.05, 0) is 48.5 Å². The highest BCUT2D eigenvalue weighted by Crippen LogP contribution is 2.32. The van der Waals surface area contributed by atoms with Crippen molar-refractivity contribution in [1.82, 2.24) is 0 Å². The quantitative estimate of drug-likeness (QED) is 0.459. The fraction of sp³-hybridized carbons (Fsp3) is 0.136. The van der Waals surface area contributed by atoms with Crippen molar-refractivity contribution < 1.29 is 26.4 Å². The van der Waals surface area contributed by atoms with E-state index < -0.39 is 27.9 Å². The third-order valence-electron chi connectivity index (χ3n) is 4.42. The molecule has 0 heterocycles. The molecule has 0 radical (unpaired) electrons. The van der Waals surface area contributed by atoms with Crippen molar-refractivity contribution >= 4 is 39.1 Å². The van der Waals surface area contributed by atoms with Gasteiger partial charge < -0.3 is 5.32 Å². The summed E-state index contributed by atoms with van der Waals surface area (Å²) in [4.78, 5) is 12.9. The van der Waals surface area contributed by atoms with Gasteiger partial charge in [0.2, 0.25) is 0 Å². The van der Waals surface area contributed by atoms with Crippen LogP contribution in [0.15, 0.2) is 88.7 Å². The van der Waals surface area contributed by atoms with Crippen LogP contribution in [-0.2, 0) is 10.0 Å².